The first-order valence-corrected chi connectivity index (χ1v) is 8.42. The number of hydrogen-bond donors (Lipinski definition) is 1. The van der Waals surface area contributed by atoms with Crippen molar-refractivity contribution in [3.63, 3.8) is 0 Å². The van der Waals surface area contributed by atoms with Crippen molar-refractivity contribution < 1.29 is 14.3 Å². The van der Waals surface area contributed by atoms with Crippen molar-refractivity contribution in [1.29, 1.82) is 0 Å². The molecule has 2 rings (SSSR count). The molecule has 0 saturated carbocycles. The number of hydrogen-bond acceptors (Lipinski definition) is 3. The van der Waals surface area contributed by atoms with Crippen LogP contribution in [0.4, 0.5) is 10.5 Å². The van der Waals surface area contributed by atoms with Gasteiger partial charge in [-0.2, -0.15) is 0 Å². The number of likely N-dealkylation sites (tertiary alicyclic amines) is 1. The Hall–Kier alpha value is -1.17. The standard InChI is InChI=1S/C15H17Cl3N2O3/c1-2-23-14(21)9-4-3-5-20(8-9)15(22)19-13-7-11(17)10(16)6-12(13)18/h6-7,9H,2-5,8H2,1H3,(H,19,22). The molecule has 1 aliphatic heterocycles. The van der Waals surface area contributed by atoms with Crippen molar-refractivity contribution in [2.75, 3.05) is 25.0 Å². The van der Waals surface area contributed by atoms with Crippen LogP contribution in [0.1, 0.15) is 19.8 Å². The minimum atomic E-state index is -0.334. The monoisotopic (exact) mass is 378 g/mol. The van der Waals surface area contributed by atoms with Crippen LogP contribution in [0, 0.1) is 5.92 Å². The van der Waals surface area contributed by atoms with Crippen molar-refractivity contribution >= 4 is 52.5 Å². The van der Waals surface area contributed by atoms with Gasteiger partial charge in [-0.05, 0) is 31.9 Å². The Labute approximate surface area is 149 Å². The fraction of sp³-hybridized carbons (Fsp3) is 0.467. The molecule has 1 aliphatic rings. The van der Waals surface area contributed by atoms with Gasteiger partial charge in [-0.1, -0.05) is 34.8 Å². The Morgan fingerprint density at radius 2 is 1.96 bits per heavy atom. The fourth-order valence-corrected chi connectivity index (χ4v) is 3.02. The second-order valence-corrected chi connectivity index (χ2v) is 6.44. The number of halogens is 3. The molecule has 1 saturated heterocycles. The van der Waals surface area contributed by atoms with Crippen LogP contribution in [0.15, 0.2) is 12.1 Å². The maximum atomic E-state index is 12.4. The zero-order chi connectivity index (χ0) is 17.0. The highest BCUT2D eigenvalue weighted by atomic mass is 35.5. The number of esters is 1. The number of urea groups is 1. The number of nitrogens with one attached hydrogen (secondary N) is 1. The summed E-state index contributed by atoms with van der Waals surface area (Å²) in [5.74, 6) is -0.559. The van der Waals surface area contributed by atoms with Crippen molar-refractivity contribution in [3.05, 3.63) is 27.2 Å². The highest BCUT2D eigenvalue weighted by Crippen LogP contribution is 2.32. The predicted octanol–water partition coefficient (Wildman–Crippen LogP) is 4.45. The van der Waals surface area contributed by atoms with E-state index in [4.69, 9.17) is 39.5 Å². The van der Waals surface area contributed by atoms with E-state index >= 15 is 0 Å². The second kappa shape index (κ2) is 8.08. The molecule has 0 bridgehead atoms. The molecule has 1 aromatic carbocycles. The van der Waals surface area contributed by atoms with Gasteiger partial charge in [0.2, 0.25) is 0 Å². The van der Waals surface area contributed by atoms with Gasteiger partial charge in [0.05, 0.1) is 33.3 Å². The van der Waals surface area contributed by atoms with Crippen molar-refractivity contribution in [2.24, 2.45) is 5.92 Å². The van der Waals surface area contributed by atoms with Crippen LogP contribution in [-0.2, 0) is 9.53 Å². The van der Waals surface area contributed by atoms with E-state index in [1.165, 1.54) is 12.1 Å². The molecule has 5 nitrogen and oxygen atoms in total. The SMILES string of the molecule is CCOC(=O)C1CCCN(C(=O)Nc2cc(Cl)c(Cl)cc2Cl)C1. The minimum Gasteiger partial charge on any atom is -0.466 e. The summed E-state index contributed by atoms with van der Waals surface area (Å²) in [5.41, 5.74) is 0.379. The van der Waals surface area contributed by atoms with Crippen LogP contribution in [0.25, 0.3) is 0 Å². The normalized spacial score (nSPS) is 17.7. The van der Waals surface area contributed by atoms with E-state index < -0.39 is 0 Å². The second-order valence-electron chi connectivity index (χ2n) is 5.21. The van der Waals surface area contributed by atoms with Crippen LogP contribution in [0.3, 0.4) is 0 Å². The number of nitrogens with zero attached hydrogens (tertiary/aromatic N) is 1. The van der Waals surface area contributed by atoms with Crippen LogP contribution in [0.2, 0.25) is 15.1 Å². The maximum absolute atomic E-state index is 12.4. The molecule has 1 aromatic rings. The number of benzene rings is 1. The molecule has 0 spiro atoms. The fourth-order valence-electron chi connectivity index (χ4n) is 2.43. The molecule has 0 aliphatic carbocycles. The molecule has 23 heavy (non-hydrogen) atoms. The highest BCUT2D eigenvalue weighted by Gasteiger charge is 2.29. The average molecular weight is 380 g/mol. The molecule has 0 radical (unpaired) electrons. The lowest BCUT2D eigenvalue weighted by Gasteiger charge is -2.31. The summed E-state index contributed by atoms with van der Waals surface area (Å²) in [7, 11) is 0. The zero-order valence-electron chi connectivity index (χ0n) is 12.6. The third-order valence-corrected chi connectivity index (χ3v) is 4.61. The van der Waals surface area contributed by atoms with Gasteiger partial charge in [-0.3, -0.25) is 4.79 Å². The molecule has 0 aromatic heterocycles. The smallest absolute Gasteiger partial charge is 0.321 e. The lowest BCUT2D eigenvalue weighted by Crippen LogP contribution is -2.44. The summed E-state index contributed by atoms with van der Waals surface area (Å²) in [4.78, 5) is 25.8. The van der Waals surface area contributed by atoms with E-state index in [0.29, 0.717) is 40.5 Å². The molecule has 1 N–H and O–H groups in total. The molecule has 8 heteroatoms. The molecule has 1 atom stereocenters. The zero-order valence-corrected chi connectivity index (χ0v) is 14.8. The van der Waals surface area contributed by atoms with Gasteiger partial charge in [0, 0.05) is 13.1 Å². The first-order chi connectivity index (χ1) is 10.9. The van der Waals surface area contributed by atoms with E-state index in [1.807, 2.05) is 0 Å². The van der Waals surface area contributed by atoms with E-state index in [9.17, 15) is 9.59 Å². The molecular weight excluding hydrogens is 363 g/mol. The highest BCUT2D eigenvalue weighted by molar-refractivity contribution is 6.44. The molecule has 1 fully saturated rings. The van der Waals surface area contributed by atoms with Crippen molar-refractivity contribution in [3.8, 4) is 0 Å². The van der Waals surface area contributed by atoms with Crippen LogP contribution in [-0.4, -0.2) is 36.6 Å². The van der Waals surface area contributed by atoms with Crippen LogP contribution in [0.5, 0.6) is 0 Å². The minimum absolute atomic E-state index is 0.266. The number of carbonyl (C=O) groups is 2. The van der Waals surface area contributed by atoms with Crippen molar-refractivity contribution in [2.45, 2.75) is 19.8 Å². The number of anilines is 1. The number of amides is 2. The molecule has 2 amide bonds. The topological polar surface area (TPSA) is 58.6 Å². The van der Waals surface area contributed by atoms with Gasteiger partial charge in [0.15, 0.2) is 0 Å². The summed E-state index contributed by atoms with van der Waals surface area (Å²) in [5, 5.41) is 3.61. The van der Waals surface area contributed by atoms with E-state index in [-0.39, 0.29) is 17.9 Å². The Kier molecular flexibility index (Phi) is 6.39. The molecule has 1 heterocycles. The predicted molar refractivity (Wildman–Crippen MR) is 91.4 cm³/mol. The number of ether oxygens (including phenoxy) is 1. The maximum Gasteiger partial charge on any atom is 0.321 e. The largest absolute Gasteiger partial charge is 0.466 e. The Morgan fingerprint density at radius 3 is 2.65 bits per heavy atom. The summed E-state index contributed by atoms with van der Waals surface area (Å²) < 4.78 is 5.03. The van der Waals surface area contributed by atoms with Gasteiger partial charge in [-0.15, -0.1) is 0 Å². The Balaban J connectivity index is 2.03. The molecule has 126 valence electrons. The number of carbonyl (C=O) groups excluding carboxylic acids is 2. The molecule has 1 unspecified atom stereocenters. The quantitative estimate of drug-likeness (QED) is 0.623. The summed E-state index contributed by atoms with van der Waals surface area (Å²) in [6.07, 6.45) is 1.46. The van der Waals surface area contributed by atoms with Gasteiger partial charge in [-0.25, -0.2) is 4.79 Å². The Morgan fingerprint density at radius 1 is 1.26 bits per heavy atom. The van der Waals surface area contributed by atoms with Gasteiger partial charge in [0.1, 0.15) is 0 Å². The summed E-state index contributed by atoms with van der Waals surface area (Å²) >= 11 is 17.9. The third kappa shape index (κ3) is 4.66. The van der Waals surface area contributed by atoms with Gasteiger partial charge >= 0.3 is 12.0 Å². The van der Waals surface area contributed by atoms with E-state index in [1.54, 1.807) is 11.8 Å². The summed E-state index contributed by atoms with van der Waals surface area (Å²) in [6, 6.07) is 2.63. The first kappa shape index (κ1) is 18.2. The molecular formula is C15H17Cl3N2O3. The van der Waals surface area contributed by atoms with E-state index in [2.05, 4.69) is 5.32 Å². The van der Waals surface area contributed by atoms with Crippen LogP contribution < -0.4 is 5.32 Å². The number of rotatable bonds is 3. The van der Waals surface area contributed by atoms with Gasteiger partial charge in [0.25, 0.3) is 0 Å². The van der Waals surface area contributed by atoms with Gasteiger partial charge < -0.3 is 15.0 Å². The first-order valence-electron chi connectivity index (χ1n) is 7.29. The third-order valence-electron chi connectivity index (χ3n) is 3.58. The lowest BCUT2D eigenvalue weighted by atomic mass is 9.98. The Bertz CT molecular complexity index is 610. The van der Waals surface area contributed by atoms with Crippen LogP contribution >= 0.6 is 34.8 Å². The van der Waals surface area contributed by atoms with Crippen molar-refractivity contribution in [1.82, 2.24) is 4.90 Å². The lowest BCUT2D eigenvalue weighted by molar-refractivity contribution is -0.149. The summed E-state index contributed by atoms with van der Waals surface area (Å²) in [6.45, 7) is 2.99. The average Bonchev–Trinajstić information content (AvgIpc) is 2.53. The number of piperidine rings is 1. The van der Waals surface area contributed by atoms with E-state index in [0.717, 1.165) is 12.8 Å².